The van der Waals surface area contributed by atoms with Gasteiger partial charge in [0.25, 0.3) is 0 Å². The molecule has 20 heavy (non-hydrogen) atoms. The summed E-state index contributed by atoms with van der Waals surface area (Å²) in [5.74, 6) is 2.89. The second-order valence-electron chi connectivity index (χ2n) is 5.21. The van der Waals surface area contributed by atoms with Crippen molar-refractivity contribution in [2.75, 3.05) is 6.61 Å². The fourth-order valence-electron chi connectivity index (χ4n) is 1.85. The minimum absolute atomic E-state index is 0.148. The maximum absolute atomic E-state index is 11.6. The molecule has 0 heterocycles. The van der Waals surface area contributed by atoms with Crippen molar-refractivity contribution in [2.24, 2.45) is 5.92 Å². The summed E-state index contributed by atoms with van der Waals surface area (Å²) in [6.07, 6.45) is 9.11. The summed E-state index contributed by atoms with van der Waals surface area (Å²) in [6.45, 7) is 8.26. The van der Waals surface area contributed by atoms with Gasteiger partial charge in [0.15, 0.2) is 0 Å². The van der Waals surface area contributed by atoms with Crippen LogP contribution in [0.1, 0.15) is 37.0 Å². The Labute approximate surface area is 121 Å². The Balaban J connectivity index is 2.60. The van der Waals surface area contributed by atoms with E-state index in [-0.39, 0.29) is 5.97 Å². The van der Waals surface area contributed by atoms with E-state index in [0.29, 0.717) is 25.4 Å². The summed E-state index contributed by atoms with van der Waals surface area (Å²) in [4.78, 5) is 11.6. The summed E-state index contributed by atoms with van der Waals surface area (Å²) >= 11 is 0. The zero-order valence-corrected chi connectivity index (χ0v) is 12.3. The van der Waals surface area contributed by atoms with Gasteiger partial charge < -0.3 is 4.74 Å². The predicted octanol–water partition coefficient (Wildman–Crippen LogP) is 3.53. The molecule has 0 bridgehead atoms. The molecule has 106 valence electrons. The third-order valence-electron chi connectivity index (χ3n) is 2.88. The molecule has 0 aromatic heterocycles. The highest BCUT2D eigenvalue weighted by molar-refractivity contribution is 5.69. The number of ether oxygens (including phenoxy) is 1. The van der Waals surface area contributed by atoms with Gasteiger partial charge in [0.1, 0.15) is 0 Å². The van der Waals surface area contributed by atoms with Crippen LogP contribution in [-0.2, 0) is 22.4 Å². The number of terminal acetylenes is 1. The van der Waals surface area contributed by atoms with Gasteiger partial charge in [-0.2, -0.15) is 0 Å². The zero-order chi connectivity index (χ0) is 15.0. The molecule has 0 N–H and O–H groups in total. The lowest BCUT2D eigenvalue weighted by molar-refractivity contribution is -0.144. The first kappa shape index (κ1) is 16.0. The molecule has 0 amide bonds. The molecular formula is C18H22O2. The van der Waals surface area contributed by atoms with Crippen molar-refractivity contribution >= 4 is 5.97 Å². The molecule has 0 unspecified atom stereocenters. The molecule has 1 rings (SSSR count). The number of rotatable bonds is 7. The largest absolute Gasteiger partial charge is 0.465 e. The molecule has 0 aliphatic rings. The Morgan fingerprint density at radius 2 is 2.25 bits per heavy atom. The normalized spacial score (nSPS) is 10.1. The number of carbonyl (C=O) groups is 1. The molecular weight excluding hydrogens is 248 g/mol. The zero-order valence-electron chi connectivity index (χ0n) is 12.3. The van der Waals surface area contributed by atoms with Crippen LogP contribution >= 0.6 is 0 Å². The van der Waals surface area contributed by atoms with Crippen LogP contribution in [0.15, 0.2) is 30.9 Å². The highest BCUT2D eigenvalue weighted by Gasteiger charge is 2.06. The van der Waals surface area contributed by atoms with Crippen molar-refractivity contribution in [1.29, 1.82) is 0 Å². The average Bonchev–Trinajstić information content (AvgIpc) is 2.43. The lowest BCUT2D eigenvalue weighted by Crippen LogP contribution is -2.10. The van der Waals surface area contributed by atoms with Gasteiger partial charge in [-0.05, 0) is 36.0 Å². The first-order valence-electron chi connectivity index (χ1n) is 6.91. The number of allylic oxidation sites excluding steroid dienone is 1. The first-order chi connectivity index (χ1) is 9.56. The molecule has 0 spiro atoms. The molecule has 0 aliphatic heterocycles. The van der Waals surface area contributed by atoms with Gasteiger partial charge in [0.2, 0.25) is 0 Å². The van der Waals surface area contributed by atoms with E-state index in [1.807, 2.05) is 38.1 Å². The maximum atomic E-state index is 11.6. The molecule has 1 aromatic carbocycles. The second-order valence-corrected chi connectivity index (χ2v) is 5.21. The maximum Gasteiger partial charge on any atom is 0.306 e. The van der Waals surface area contributed by atoms with Crippen LogP contribution in [0.5, 0.6) is 0 Å². The Morgan fingerprint density at radius 3 is 2.85 bits per heavy atom. The minimum Gasteiger partial charge on any atom is -0.465 e. The molecule has 0 saturated heterocycles. The van der Waals surface area contributed by atoms with Crippen molar-refractivity contribution in [2.45, 2.75) is 33.1 Å². The number of aryl methyl sites for hydroxylation is 1. The van der Waals surface area contributed by atoms with Crippen LogP contribution in [-0.4, -0.2) is 12.6 Å². The van der Waals surface area contributed by atoms with E-state index in [2.05, 4.69) is 12.5 Å². The molecule has 1 aromatic rings. The SMILES string of the molecule is C#Cc1ccc(CCC(=O)OCC(C)C)cc1CC=C. The molecule has 0 fully saturated rings. The van der Waals surface area contributed by atoms with Crippen LogP contribution in [0.3, 0.4) is 0 Å². The highest BCUT2D eigenvalue weighted by Crippen LogP contribution is 2.14. The van der Waals surface area contributed by atoms with Crippen LogP contribution in [0.4, 0.5) is 0 Å². The van der Waals surface area contributed by atoms with Gasteiger partial charge >= 0.3 is 5.97 Å². The van der Waals surface area contributed by atoms with E-state index in [1.54, 1.807) is 0 Å². The summed E-state index contributed by atoms with van der Waals surface area (Å²) in [5.41, 5.74) is 3.06. The Kier molecular flexibility index (Phi) is 6.59. The van der Waals surface area contributed by atoms with E-state index >= 15 is 0 Å². The van der Waals surface area contributed by atoms with Crippen molar-refractivity contribution < 1.29 is 9.53 Å². The lowest BCUT2D eigenvalue weighted by Gasteiger charge is -2.08. The quantitative estimate of drug-likeness (QED) is 0.430. The second kappa shape index (κ2) is 8.22. The predicted molar refractivity (Wildman–Crippen MR) is 82.4 cm³/mol. The van der Waals surface area contributed by atoms with Gasteiger partial charge in [-0.3, -0.25) is 4.79 Å². The van der Waals surface area contributed by atoms with E-state index in [0.717, 1.165) is 23.1 Å². The van der Waals surface area contributed by atoms with Gasteiger partial charge in [-0.25, -0.2) is 0 Å². The van der Waals surface area contributed by atoms with Crippen molar-refractivity contribution in [1.82, 2.24) is 0 Å². The number of hydrogen-bond donors (Lipinski definition) is 0. The standard InChI is InChI=1S/C18H22O2/c1-5-7-17-12-15(8-10-16(17)6-2)9-11-18(19)20-13-14(3)4/h2,5,8,10,12,14H,1,7,9,11,13H2,3-4H3. The smallest absolute Gasteiger partial charge is 0.306 e. The van der Waals surface area contributed by atoms with Gasteiger partial charge in [-0.15, -0.1) is 13.0 Å². The summed E-state index contributed by atoms with van der Waals surface area (Å²) in [7, 11) is 0. The number of carbonyl (C=O) groups excluding carboxylic acids is 1. The van der Waals surface area contributed by atoms with Crippen molar-refractivity contribution in [3.8, 4) is 12.3 Å². The molecule has 0 saturated carbocycles. The summed E-state index contributed by atoms with van der Waals surface area (Å²) in [6, 6.07) is 5.94. The molecule has 2 nitrogen and oxygen atoms in total. The van der Waals surface area contributed by atoms with E-state index in [1.165, 1.54) is 0 Å². The third-order valence-corrected chi connectivity index (χ3v) is 2.88. The van der Waals surface area contributed by atoms with Crippen LogP contribution < -0.4 is 0 Å². The van der Waals surface area contributed by atoms with Crippen molar-refractivity contribution in [3.63, 3.8) is 0 Å². The molecule has 0 radical (unpaired) electrons. The summed E-state index contributed by atoms with van der Waals surface area (Å²) < 4.78 is 5.16. The minimum atomic E-state index is -0.148. The van der Waals surface area contributed by atoms with E-state index < -0.39 is 0 Å². The highest BCUT2D eigenvalue weighted by atomic mass is 16.5. The molecule has 0 atom stereocenters. The Morgan fingerprint density at radius 1 is 1.50 bits per heavy atom. The van der Waals surface area contributed by atoms with E-state index in [9.17, 15) is 4.79 Å². The van der Waals surface area contributed by atoms with Crippen LogP contribution in [0.2, 0.25) is 0 Å². The average molecular weight is 270 g/mol. The fourth-order valence-corrected chi connectivity index (χ4v) is 1.85. The molecule has 2 heteroatoms. The van der Waals surface area contributed by atoms with Gasteiger partial charge in [0.05, 0.1) is 6.61 Å². The number of esters is 1. The van der Waals surface area contributed by atoms with Gasteiger partial charge in [0, 0.05) is 12.0 Å². The fraction of sp³-hybridized carbons (Fsp3) is 0.389. The monoisotopic (exact) mass is 270 g/mol. The number of benzene rings is 1. The molecule has 0 aliphatic carbocycles. The number of hydrogen-bond acceptors (Lipinski definition) is 2. The Hall–Kier alpha value is -2.01. The summed E-state index contributed by atoms with van der Waals surface area (Å²) in [5, 5.41) is 0. The third kappa shape index (κ3) is 5.32. The Bertz CT molecular complexity index is 507. The first-order valence-corrected chi connectivity index (χ1v) is 6.91. The van der Waals surface area contributed by atoms with E-state index in [4.69, 9.17) is 11.2 Å². The van der Waals surface area contributed by atoms with Crippen LogP contribution in [0.25, 0.3) is 0 Å². The van der Waals surface area contributed by atoms with Crippen LogP contribution in [0, 0.1) is 18.3 Å². The van der Waals surface area contributed by atoms with Gasteiger partial charge in [-0.1, -0.05) is 38.0 Å². The topological polar surface area (TPSA) is 26.3 Å². The van der Waals surface area contributed by atoms with Crippen molar-refractivity contribution in [3.05, 3.63) is 47.5 Å². The lowest BCUT2D eigenvalue weighted by atomic mass is 9.99.